The summed E-state index contributed by atoms with van der Waals surface area (Å²) in [5, 5.41) is 23.4. The highest BCUT2D eigenvalue weighted by Gasteiger charge is 2.23. The van der Waals surface area contributed by atoms with Crippen molar-refractivity contribution in [2.24, 2.45) is 0 Å². The Labute approximate surface area is 182 Å². The van der Waals surface area contributed by atoms with Crippen molar-refractivity contribution in [3.63, 3.8) is 0 Å². The Balaban J connectivity index is 1.83. The molecule has 3 aromatic rings. The van der Waals surface area contributed by atoms with Gasteiger partial charge in [0.25, 0.3) is 5.91 Å². The molecule has 6 nitrogen and oxygen atoms in total. The van der Waals surface area contributed by atoms with Gasteiger partial charge in [-0.1, -0.05) is 37.0 Å². The fraction of sp³-hybridized carbons (Fsp3) is 0.320. The van der Waals surface area contributed by atoms with Gasteiger partial charge in [-0.15, -0.1) is 0 Å². The van der Waals surface area contributed by atoms with Gasteiger partial charge in [0.1, 0.15) is 12.0 Å². The van der Waals surface area contributed by atoms with Crippen LogP contribution in [0, 0.1) is 11.8 Å². The van der Waals surface area contributed by atoms with E-state index in [0.717, 1.165) is 16.5 Å². The number of ether oxygens (including phenoxy) is 1. The number of para-hydroxylation sites is 1. The summed E-state index contributed by atoms with van der Waals surface area (Å²) in [5.74, 6) is 5.42. The monoisotopic (exact) mass is 420 g/mol. The van der Waals surface area contributed by atoms with Crippen molar-refractivity contribution in [1.29, 1.82) is 0 Å². The summed E-state index contributed by atoms with van der Waals surface area (Å²) in [6.45, 7) is 5.60. The van der Waals surface area contributed by atoms with E-state index in [-0.39, 0.29) is 18.6 Å². The first-order valence-corrected chi connectivity index (χ1v) is 10.4. The lowest BCUT2D eigenvalue weighted by Gasteiger charge is -2.21. The van der Waals surface area contributed by atoms with E-state index in [4.69, 9.17) is 9.84 Å². The fourth-order valence-electron chi connectivity index (χ4n) is 3.34. The van der Waals surface area contributed by atoms with Crippen LogP contribution in [0.25, 0.3) is 10.9 Å². The summed E-state index contributed by atoms with van der Waals surface area (Å²) in [5.41, 5.74) is 2.83. The molecule has 0 radical (unpaired) electrons. The van der Waals surface area contributed by atoms with Crippen LogP contribution in [0.1, 0.15) is 54.6 Å². The molecule has 2 atom stereocenters. The number of aromatic amines is 1. The van der Waals surface area contributed by atoms with Gasteiger partial charge >= 0.3 is 0 Å². The number of carbonyl (C=O) groups excluding carboxylic acids is 1. The number of carbonyl (C=O) groups is 1. The van der Waals surface area contributed by atoms with Crippen molar-refractivity contribution < 1.29 is 19.7 Å². The maximum Gasteiger partial charge on any atom is 0.257 e. The summed E-state index contributed by atoms with van der Waals surface area (Å²) in [7, 11) is 0. The van der Waals surface area contributed by atoms with Gasteiger partial charge in [0, 0.05) is 35.0 Å². The molecule has 162 valence electrons. The molecule has 31 heavy (non-hydrogen) atoms. The zero-order valence-electron chi connectivity index (χ0n) is 18.0. The van der Waals surface area contributed by atoms with E-state index >= 15 is 0 Å². The van der Waals surface area contributed by atoms with Crippen molar-refractivity contribution in [3.8, 4) is 17.6 Å². The third-order valence-electron chi connectivity index (χ3n) is 4.92. The average Bonchev–Trinajstić information content (AvgIpc) is 3.18. The Morgan fingerprint density at radius 3 is 2.71 bits per heavy atom. The van der Waals surface area contributed by atoms with E-state index in [2.05, 4.69) is 22.1 Å². The molecule has 1 amide bonds. The van der Waals surface area contributed by atoms with Crippen molar-refractivity contribution in [2.45, 2.75) is 45.4 Å². The molecule has 2 aromatic carbocycles. The Bertz CT molecular complexity index is 1110. The number of hydrogen-bond acceptors (Lipinski definition) is 4. The second-order valence-electron chi connectivity index (χ2n) is 7.65. The lowest BCUT2D eigenvalue weighted by molar-refractivity contribution is 0.0723. The molecule has 0 fully saturated rings. The van der Waals surface area contributed by atoms with Gasteiger partial charge in [-0.25, -0.2) is 0 Å². The summed E-state index contributed by atoms with van der Waals surface area (Å²) >= 11 is 0. The van der Waals surface area contributed by atoms with Gasteiger partial charge in [-0.2, -0.15) is 0 Å². The third-order valence-corrected chi connectivity index (χ3v) is 4.92. The number of rotatable bonds is 7. The summed E-state index contributed by atoms with van der Waals surface area (Å²) in [4.78, 5) is 16.2. The van der Waals surface area contributed by atoms with Crippen LogP contribution in [0.2, 0.25) is 0 Å². The Kier molecular flexibility index (Phi) is 7.35. The van der Waals surface area contributed by atoms with Crippen molar-refractivity contribution in [2.75, 3.05) is 6.61 Å². The summed E-state index contributed by atoms with van der Waals surface area (Å²) in [6, 6.07) is 12.9. The minimum atomic E-state index is -1.09. The Morgan fingerprint density at radius 1 is 1.19 bits per heavy atom. The van der Waals surface area contributed by atoms with E-state index in [1.807, 2.05) is 51.2 Å². The SMILES string of the molecule is CC(C)Oc1ccc(C#CCCO)cc1C(=O)N[C@H](O)C(C)c1c[nH]c2ccccc12. The first-order valence-electron chi connectivity index (χ1n) is 10.4. The zero-order chi connectivity index (χ0) is 22.4. The van der Waals surface area contributed by atoms with Crippen LogP contribution in [0.3, 0.4) is 0 Å². The predicted octanol–water partition coefficient (Wildman–Crippen LogP) is 3.54. The van der Waals surface area contributed by atoms with E-state index in [9.17, 15) is 9.90 Å². The number of H-pyrrole nitrogens is 1. The molecule has 0 saturated carbocycles. The average molecular weight is 421 g/mol. The Hall–Kier alpha value is -3.27. The number of amides is 1. The van der Waals surface area contributed by atoms with Crippen molar-refractivity contribution in [1.82, 2.24) is 10.3 Å². The van der Waals surface area contributed by atoms with E-state index < -0.39 is 12.1 Å². The molecule has 0 aliphatic carbocycles. The molecule has 1 heterocycles. The molecular formula is C25H28N2O4. The maximum atomic E-state index is 13.0. The van der Waals surface area contributed by atoms with Crippen LogP contribution in [-0.4, -0.2) is 40.0 Å². The number of benzene rings is 2. The van der Waals surface area contributed by atoms with Crippen molar-refractivity contribution >= 4 is 16.8 Å². The van der Waals surface area contributed by atoms with Crippen LogP contribution in [0.4, 0.5) is 0 Å². The highest BCUT2D eigenvalue weighted by atomic mass is 16.5. The van der Waals surface area contributed by atoms with Crippen molar-refractivity contribution in [3.05, 3.63) is 65.4 Å². The molecule has 6 heteroatoms. The van der Waals surface area contributed by atoms with Crippen LogP contribution in [0.15, 0.2) is 48.7 Å². The molecule has 1 unspecified atom stereocenters. The standard InChI is InChI=1S/C25H28N2O4/c1-16(2)31-23-12-11-18(8-6-7-13-28)14-20(23)25(30)27-24(29)17(3)21-15-26-22-10-5-4-9-19(21)22/h4-5,9-12,14-17,24,26,28-29H,7,13H2,1-3H3,(H,27,30)/t17?,24-/m1/s1. The van der Waals surface area contributed by atoms with Gasteiger partial charge in [0.15, 0.2) is 0 Å². The van der Waals surface area contributed by atoms with Crippen LogP contribution in [-0.2, 0) is 0 Å². The normalized spacial score (nSPS) is 12.8. The lowest BCUT2D eigenvalue weighted by atomic mass is 9.98. The van der Waals surface area contributed by atoms with E-state index in [0.29, 0.717) is 23.3 Å². The Morgan fingerprint density at radius 2 is 1.97 bits per heavy atom. The first kappa shape index (κ1) is 22.4. The molecule has 0 spiro atoms. The molecule has 0 saturated heterocycles. The summed E-state index contributed by atoms with van der Waals surface area (Å²) in [6.07, 6.45) is 0.998. The minimum Gasteiger partial charge on any atom is -0.490 e. The van der Waals surface area contributed by atoms with E-state index in [1.54, 1.807) is 18.2 Å². The van der Waals surface area contributed by atoms with E-state index in [1.165, 1.54) is 0 Å². The topological polar surface area (TPSA) is 94.6 Å². The zero-order valence-corrected chi connectivity index (χ0v) is 18.0. The number of aliphatic hydroxyl groups is 2. The molecule has 0 aliphatic rings. The van der Waals surface area contributed by atoms with Gasteiger partial charge < -0.3 is 25.3 Å². The van der Waals surface area contributed by atoms with Crippen LogP contribution in [0.5, 0.6) is 5.75 Å². The van der Waals surface area contributed by atoms with Gasteiger partial charge in [0.05, 0.1) is 18.3 Å². The largest absolute Gasteiger partial charge is 0.490 e. The van der Waals surface area contributed by atoms with Gasteiger partial charge in [0.2, 0.25) is 0 Å². The van der Waals surface area contributed by atoms with Crippen LogP contribution >= 0.6 is 0 Å². The lowest BCUT2D eigenvalue weighted by Crippen LogP contribution is -2.38. The smallest absolute Gasteiger partial charge is 0.257 e. The summed E-state index contributed by atoms with van der Waals surface area (Å²) < 4.78 is 5.78. The van der Waals surface area contributed by atoms with Crippen LogP contribution < -0.4 is 10.1 Å². The third kappa shape index (κ3) is 5.46. The highest BCUT2D eigenvalue weighted by Crippen LogP contribution is 2.28. The number of hydrogen-bond donors (Lipinski definition) is 4. The molecule has 3 rings (SSSR count). The number of aliphatic hydroxyl groups excluding tert-OH is 2. The number of aromatic nitrogens is 1. The number of nitrogens with one attached hydrogen (secondary N) is 2. The minimum absolute atomic E-state index is 0.0210. The maximum absolute atomic E-state index is 13.0. The van der Waals surface area contributed by atoms with Gasteiger partial charge in [-0.05, 0) is 43.7 Å². The molecule has 0 aliphatic heterocycles. The second-order valence-corrected chi connectivity index (χ2v) is 7.65. The molecule has 4 N–H and O–H groups in total. The fourth-order valence-corrected chi connectivity index (χ4v) is 3.34. The number of fused-ring (bicyclic) bond motifs is 1. The second kappa shape index (κ2) is 10.2. The molecule has 0 bridgehead atoms. The molecular weight excluding hydrogens is 392 g/mol. The highest BCUT2D eigenvalue weighted by molar-refractivity contribution is 5.97. The first-order chi connectivity index (χ1) is 14.9. The predicted molar refractivity (Wildman–Crippen MR) is 121 cm³/mol. The quantitative estimate of drug-likeness (QED) is 0.347. The van der Waals surface area contributed by atoms with Gasteiger partial charge in [-0.3, -0.25) is 4.79 Å². The molecule has 1 aromatic heterocycles.